The number of rotatable bonds is 2. The summed E-state index contributed by atoms with van der Waals surface area (Å²) in [7, 11) is 0. The fraction of sp³-hybridized carbons (Fsp3) is 0.429. The molecule has 2 rings (SSSR count). The number of nitrogens with zero attached hydrogens (tertiary/aromatic N) is 1. The predicted molar refractivity (Wildman–Crippen MR) is 49.4 cm³/mol. The second-order valence-corrected chi connectivity index (χ2v) is 3.70. The summed E-state index contributed by atoms with van der Waals surface area (Å²) in [5.41, 5.74) is 0.601. The smallest absolute Gasteiger partial charge is 0.242 e. The van der Waals surface area contributed by atoms with Gasteiger partial charge in [-0.15, -0.1) is 11.8 Å². The quantitative estimate of drug-likeness (QED) is 0.716. The summed E-state index contributed by atoms with van der Waals surface area (Å²) in [6, 6.07) is -0.0973. The van der Waals surface area contributed by atoms with Crippen LogP contribution in [0.1, 0.15) is 0 Å². The second kappa shape index (κ2) is 3.80. The SMILES string of the molecule is O=C(Nc1cnoc1)C1CSCN1. The molecule has 6 heteroatoms. The average molecular weight is 199 g/mol. The third-order valence-electron chi connectivity index (χ3n) is 1.73. The lowest BCUT2D eigenvalue weighted by molar-refractivity contribution is -0.117. The van der Waals surface area contributed by atoms with Crippen LogP contribution in [0.4, 0.5) is 5.69 Å². The molecule has 70 valence electrons. The molecule has 1 aromatic rings. The molecular weight excluding hydrogens is 190 g/mol. The minimum atomic E-state index is -0.0973. The average Bonchev–Trinajstić information content (AvgIpc) is 2.74. The van der Waals surface area contributed by atoms with Crippen molar-refractivity contribution in [2.24, 2.45) is 0 Å². The van der Waals surface area contributed by atoms with E-state index in [0.29, 0.717) is 5.69 Å². The van der Waals surface area contributed by atoms with Crippen LogP contribution < -0.4 is 10.6 Å². The Hall–Kier alpha value is -1.01. The topological polar surface area (TPSA) is 67.2 Å². The number of nitrogens with one attached hydrogen (secondary N) is 2. The van der Waals surface area contributed by atoms with Gasteiger partial charge in [0.1, 0.15) is 12.0 Å². The van der Waals surface area contributed by atoms with Gasteiger partial charge in [-0.05, 0) is 0 Å². The van der Waals surface area contributed by atoms with Crippen molar-refractivity contribution in [3.8, 4) is 0 Å². The molecule has 0 aliphatic carbocycles. The Morgan fingerprint density at radius 2 is 2.77 bits per heavy atom. The van der Waals surface area contributed by atoms with Gasteiger partial charge in [0.2, 0.25) is 5.91 Å². The first-order valence-electron chi connectivity index (χ1n) is 3.87. The Kier molecular flexibility index (Phi) is 2.51. The first-order valence-corrected chi connectivity index (χ1v) is 5.03. The zero-order valence-electron chi connectivity index (χ0n) is 6.82. The van der Waals surface area contributed by atoms with Crippen molar-refractivity contribution in [2.45, 2.75) is 6.04 Å². The molecule has 1 atom stereocenters. The van der Waals surface area contributed by atoms with Crippen LogP contribution in [0, 0.1) is 0 Å². The molecule has 0 aromatic carbocycles. The van der Waals surface area contributed by atoms with Gasteiger partial charge in [-0.1, -0.05) is 5.16 Å². The van der Waals surface area contributed by atoms with E-state index < -0.39 is 0 Å². The highest BCUT2D eigenvalue weighted by atomic mass is 32.2. The fourth-order valence-corrected chi connectivity index (χ4v) is 2.00. The van der Waals surface area contributed by atoms with Gasteiger partial charge < -0.3 is 9.84 Å². The molecule has 1 unspecified atom stereocenters. The molecule has 0 saturated carbocycles. The van der Waals surface area contributed by atoms with Gasteiger partial charge in [-0.2, -0.15) is 0 Å². The molecule has 2 N–H and O–H groups in total. The maximum atomic E-state index is 11.5. The molecule has 1 fully saturated rings. The lowest BCUT2D eigenvalue weighted by atomic mass is 10.3. The number of thioether (sulfide) groups is 1. The van der Waals surface area contributed by atoms with Crippen molar-refractivity contribution in [3.05, 3.63) is 12.5 Å². The number of carbonyl (C=O) groups excluding carboxylic acids is 1. The maximum Gasteiger partial charge on any atom is 0.242 e. The van der Waals surface area contributed by atoms with Crippen molar-refractivity contribution in [1.82, 2.24) is 10.5 Å². The lowest BCUT2D eigenvalue weighted by Crippen LogP contribution is -2.37. The van der Waals surface area contributed by atoms with Crippen LogP contribution in [0.5, 0.6) is 0 Å². The standard InChI is InChI=1S/C7H9N3O2S/c11-7(6-3-13-4-8-6)10-5-1-9-12-2-5/h1-2,6,8H,3-4H2,(H,10,11). The molecule has 2 heterocycles. The van der Waals surface area contributed by atoms with E-state index >= 15 is 0 Å². The first-order chi connectivity index (χ1) is 6.36. The third kappa shape index (κ3) is 2.02. The fourth-order valence-electron chi connectivity index (χ4n) is 1.06. The summed E-state index contributed by atoms with van der Waals surface area (Å²) in [6.07, 6.45) is 2.87. The summed E-state index contributed by atoms with van der Waals surface area (Å²) in [6.45, 7) is 0. The number of hydrogen-bond acceptors (Lipinski definition) is 5. The van der Waals surface area contributed by atoms with E-state index in [-0.39, 0.29) is 11.9 Å². The number of anilines is 1. The van der Waals surface area contributed by atoms with Crippen molar-refractivity contribution in [1.29, 1.82) is 0 Å². The summed E-state index contributed by atoms with van der Waals surface area (Å²) < 4.78 is 4.59. The highest BCUT2D eigenvalue weighted by Crippen LogP contribution is 2.12. The molecule has 1 aromatic heterocycles. The second-order valence-electron chi connectivity index (χ2n) is 2.67. The van der Waals surface area contributed by atoms with E-state index in [1.807, 2.05) is 0 Å². The predicted octanol–water partition coefficient (Wildman–Crippen LogP) is 0.276. The first kappa shape index (κ1) is 8.58. The molecule has 1 aliphatic heterocycles. The van der Waals surface area contributed by atoms with Gasteiger partial charge in [0.05, 0.1) is 12.2 Å². The minimum absolute atomic E-state index is 0.0341. The Labute approximate surface area is 79.2 Å². The van der Waals surface area contributed by atoms with Gasteiger partial charge in [0.15, 0.2) is 0 Å². The van der Waals surface area contributed by atoms with Gasteiger partial charge >= 0.3 is 0 Å². The van der Waals surface area contributed by atoms with E-state index in [1.165, 1.54) is 12.5 Å². The lowest BCUT2D eigenvalue weighted by Gasteiger charge is -2.07. The van der Waals surface area contributed by atoms with E-state index in [9.17, 15) is 4.79 Å². The van der Waals surface area contributed by atoms with Gasteiger partial charge in [0, 0.05) is 11.6 Å². The van der Waals surface area contributed by atoms with Gasteiger partial charge in [-0.3, -0.25) is 10.1 Å². The van der Waals surface area contributed by atoms with Crippen LogP contribution >= 0.6 is 11.8 Å². The zero-order chi connectivity index (χ0) is 9.10. The zero-order valence-corrected chi connectivity index (χ0v) is 7.63. The van der Waals surface area contributed by atoms with Crippen LogP contribution in [0.2, 0.25) is 0 Å². The number of amides is 1. The van der Waals surface area contributed by atoms with Crippen molar-refractivity contribution in [2.75, 3.05) is 16.9 Å². The van der Waals surface area contributed by atoms with Crippen molar-refractivity contribution in [3.63, 3.8) is 0 Å². The van der Waals surface area contributed by atoms with Gasteiger partial charge in [0.25, 0.3) is 0 Å². The normalized spacial score (nSPS) is 21.7. The molecule has 5 nitrogen and oxygen atoms in total. The molecular formula is C7H9N3O2S. The Morgan fingerprint density at radius 1 is 1.85 bits per heavy atom. The molecule has 1 saturated heterocycles. The van der Waals surface area contributed by atoms with Crippen LogP contribution in [-0.4, -0.2) is 28.7 Å². The van der Waals surface area contributed by atoms with Crippen LogP contribution in [0.25, 0.3) is 0 Å². The maximum absolute atomic E-state index is 11.5. The molecule has 0 radical (unpaired) electrons. The summed E-state index contributed by atoms with van der Waals surface area (Å²) in [5, 5.41) is 9.25. The largest absolute Gasteiger partial charge is 0.363 e. The Morgan fingerprint density at radius 3 is 3.38 bits per heavy atom. The number of aromatic nitrogens is 1. The third-order valence-corrected chi connectivity index (χ3v) is 2.67. The highest BCUT2D eigenvalue weighted by molar-refractivity contribution is 7.99. The molecule has 1 aliphatic rings. The summed E-state index contributed by atoms with van der Waals surface area (Å²) >= 11 is 1.71. The van der Waals surface area contributed by atoms with Crippen LogP contribution in [0.3, 0.4) is 0 Å². The molecule has 0 spiro atoms. The van der Waals surface area contributed by atoms with E-state index in [1.54, 1.807) is 11.8 Å². The van der Waals surface area contributed by atoms with Crippen molar-refractivity contribution >= 4 is 23.4 Å². The Balaban J connectivity index is 1.91. The highest BCUT2D eigenvalue weighted by Gasteiger charge is 2.22. The molecule has 0 bridgehead atoms. The minimum Gasteiger partial charge on any atom is -0.363 e. The number of hydrogen-bond donors (Lipinski definition) is 2. The molecule has 1 amide bonds. The van der Waals surface area contributed by atoms with Crippen LogP contribution in [-0.2, 0) is 4.79 Å². The van der Waals surface area contributed by atoms with E-state index in [2.05, 4.69) is 20.3 Å². The van der Waals surface area contributed by atoms with E-state index in [4.69, 9.17) is 0 Å². The van der Waals surface area contributed by atoms with E-state index in [0.717, 1.165) is 11.6 Å². The number of carbonyl (C=O) groups is 1. The summed E-state index contributed by atoms with van der Waals surface area (Å²) in [4.78, 5) is 11.5. The monoisotopic (exact) mass is 199 g/mol. The molecule has 13 heavy (non-hydrogen) atoms. The van der Waals surface area contributed by atoms with Crippen molar-refractivity contribution < 1.29 is 9.32 Å². The summed E-state index contributed by atoms with van der Waals surface area (Å²) in [5.74, 6) is 1.62. The van der Waals surface area contributed by atoms with Gasteiger partial charge in [-0.25, -0.2) is 0 Å². The van der Waals surface area contributed by atoms with Crippen LogP contribution in [0.15, 0.2) is 17.0 Å². The Bertz CT molecular complexity index is 282.